The van der Waals surface area contributed by atoms with Crippen LogP contribution in [0.3, 0.4) is 0 Å². The van der Waals surface area contributed by atoms with Gasteiger partial charge in [0.25, 0.3) is 10.1 Å². The maximum absolute atomic E-state index is 11.5. The molecule has 6 nitrogen and oxygen atoms in total. The number of amides is 1. The topological polar surface area (TPSA) is 104 Å². The van der Waals surface area contributed by atoms with Gasteiger partial charge in [0.05, 0.1) is 11.9 Å². The molecule has 0 saturated heterocycles. The average molecular weight is 428 g/mol. The summed E-state index contributed by atoms with van der Waals surface area (Å²) in [5, 5.41) is 12.2. The first-order valence-corrected chi connectivity index (χ1v) is 12.0. The van der Waals surface area contributed by atoms with Crippen LogP contribution in [0.5, 0.6) is 0 Å². The predicted octanol–water partition coefficient (Wildman–Crippen LogP) is 4.11. The van der Waals surface area contributed by atoms with Crippen molar-refractivity contribution in [1.82, 2.24) is 5.32 Å². The van der Waals surface area contributed by atoms with E-state index in [-0.39, 0.29) is 18.6 Å². The quantitative estimate of drug-likeness (QED) is 0.140. The van der Waals surface area contributed by atoms with Crippen LogP contribution < -0.4 is 5.32 Å². The van der Waals surface area contributed by atoms with Crippen LogP contribution in [-0.4, -0.2) is 42.4 Å². The van der Waals surface area contributed by atoms with Crippen molar-refractivity contribution in [2.45, 2.75) is 70.8 Å². The minimum atomic E-state index is -4.02. The molecule has 0 aliphatic carbocycles. The fraction of sp³-hybridized carbons (Fsp3) is 0.591. The van der Waals surface area contributed by atoms with Crippen molar-refractivity contribution in [3.63, 3.8) is 0 Å². The normalized spacial score (nSPS) is 13.9. The number of allylic oxidation sites excluding steroid dienone is 7. The van der Waals surface area contributed by atoms with E-state index in [2.05, 4.69) is 24.4 Å². The lowest BCUT2D eigenvalue weighted by Crippen LogP contribution is -2.28. The highest BCUT2D eigenvalue weighted by atomic mass is 32.2. The number of hydrogen-bond acceptors (Lipinski definition) is 4. The standard InChI is InChI=1S/C22H37NO5S/c1-2-3-13-16-21(24)17-14-11-9-7-5-4-6-8-10-12-15-18-22(25)23-19-20-29(26,27)28/h4-5,8-11,14,17,21,24H,2-3,6-7,12-13,15-16,18-20H2,1H3,(H,23,25)(H,26,27,28)/b5-4-,10-8-,11-9-,17-14+. The van der Waals surface area contributed by atoms with Crippen molar-refractivity contribution in [3.8, 4) is 0 Å². The number of aliphatic hydroxyl groups excluding tert-OH is 1. The van der Waals surface area contributed by atoms with Gasteiger partial charge in [-0.05, 0) is 32.1 Å². The fourth-order valence-electron chi connectivity index (χ4n) is 2.40. The molecular weight excluding hydrogens is 390 g/mol. The number of hydrogen-bond donors (Lipinski definition) is 3. The highest BCUT2D eigenvalue weighted by Gasteiger charge is 2.05. The van der Waals surface area contributed by atoms with Crippen LogP contribution in [0.2, 0.25) is 0 Å². The first-order chi connectivity index (χ1) is 13.8. The number of nitrogens with one attached hydrogen (secondary N) is 1. The van der Waals surface area contributed by atoms with E-state index in [9.17, 15) is 18.3 Å². The van der Waals surface area contributed by atoms with E-state index in [1.165, 1.54) is 0 Å². The molecule has 29 heavy (non-hydrogen) atoms. The van der Waals surface area contributed by atoms with E-state index in [0.29, 0.717) is 12.8 Å². The van der Waals surface area contributed by atoms with Gasteiger partial charge in [-0.25, -0.2) is 0 Å². The molecule has 0 bridgehead atoms. The minimum Gasteiger partial charge on any atom is -0.389 e. The monoisotopic (exact) mass is 427 g/mol. The number of carbonyl (C=O) groups excluding carboxylic acids is 1. The summed E-state index contributed by atoms with van der Waals surface area (Å²) in [6.07, 6.45) is 23.3. The summed E-state index contributed by atoms with van der Waals surface area (Å²) in [6, 6.07) is 0. The number of rotatable bonds is 17. The molecule has 1 atom stereocenters. The Morgan fingerprint density at radius 3 is 2.38 bits per heavy atom. The smallest absolute Gasteiger partial charge is 0.266 e. The van der Waals surface area contributed by atoms with Gasteiger partial charge in [0.2, 0.25) is 5.91 Å². The molecule has 1 unspecified atom stereocenters. The van der Waals surface area contributed by atoms with Crippen LogP contribution in [0.15, 0.2) is 48.6 Å². The molecule has 7 heteroatoms. The first kappa shape index (κ1) is 27.3. The van der Waals surface area contributed by atoms with Gasteiger partial charge in [-0.1, -0.05) is 74.8 Å². The van der Waals surface area contributed by atoms with Gasteiger partial charge in [0.1, 0.15) is 0 Å². The molecule has 0 aliphatic rings. The van der Waals surface area contributed by atoms with Crippen LogP contribution in [0.1, 0.15) is 64.7 Å². The third-order valence-electron chi connectivity index (χ3n) is 4.02. The zero-order chi connectivity index (χ0) is 21.8. The number of carbonyl (C=O) groups is 1. The third-order valence-corrected chi connectivity index (χ3v) is 4.74. The highest BCUT2D eigenvalue weighted by molar-refractivity contribution is 7.85. The summed E-state index contributed by atoms with van der Waals surface area (Å²) in [5.74, 6) is -0.673. The Morgan fingerprint density at radius 1 is 1.00 bits per heavy atom. The Balaban J connectivity index is 3.65. The second kappa shape index (κ2) is 18.3. The van der Waals surface area contributed by atoms with Crippen LogP contribution in [0, 0.1) is 0 Å². The van der Waals surface area contributed by atoms with Crippen LogP contribution in [-0.2, 0) is 14.9 Å². The predicted molar refractivity (Wildman–Crippen MR) is 119 cm³/mol. The van der Waals surface area contributed by atoms with Crippen LogP contribution in [0.25, 0.3) is 0 Å². The zero-order valence-corrected chi connectivity index (χ0v) is 18.3. The molecule has 3 N–H and O–H groups in total. The number of unbranched alkanes of at least 4 members (excludes halogenated alkanes) is 3. The molecule has 0 aromatic rings. The molecule has 166 valence electrons. The molecule has 0 radical (unpaired) electrons. The molecule has 0 saturated carbocycles. The molecule has 0 fully saturated rings. The molecule has 0 aromatic carbocycles. The average Bonchev–Trinajstić information content (AvgIpc) is 2.64. The van der Waals surface area contributed by atoms with E-state index in [1.807, 2.05) is 36.5 Å². The second-order valence-corrected chi connectivity index (χ2v) is 8.39. The van der Waals surface area contributed by atoms with Gasteiger partial charge < -0.3 is 10.4 Å². The third kappa shape index (κ3) is 22.5. The van der Waals surface area contributed by atoms with Crippen molar-refractivity contribution in [2.75, 3.05) is 12.3 Å². The van der Waals surface area contributed by atoms with Crippen LogP contribution >= 0.6 is 0 Å². The molecule has 0 spiro atoms. The van der Waals surface area contributed by atoms with Gasteiger partial charge in [0.15, 0.2) is 0 Å². The maximum atomic E-state index is 11.5. The molecule has 0 rings (SSSR count). The van der Waals surface area contributed by atoms with Gasteiger partial charge >= 0.3 is 0 Å². The van der Waals surface area contributed by atoms with Gasteiger partial charge in [-0.2, -0.15) is 8.42 Å². The molecular formula is C22H37NO5S. The minimum absolute atomic E-state index is 0.0674. The zero-order valence-electron chi connectivity index (χ0n) is 17.5. The largest absolute Gasteiger partial charge is 0.389 e. The van der Waals surface area contributed by atoms with E-state index in [4.69, 9.17) is 4.55 Å². The lowest BCUT2D eigenvalue weighted by atomic mass is 10.1. The van der Waals surface area contributed by atoms with Gasteiger partial charge in [-0.15, -0.1) is 0 Å². The Morgan fingerprint density at radius 2 is 1.69 bits per heavy atom. The Labute approximate surface area is 176 Å². The summed E-state index contributed by atoms with van der Waals surface area (Å²) >= 11 is 0. The van der Waals surface area contributed by atoms with Crippen LogP contribution in [0.4, 0.5) is 0 Å². The summed E-state index contributed by atoms with van der Waals surface area (Å²) < 4.78 is 29.6. The fourth-order valence-corrected chi connectivity index (χ4v) is 2.76. The first-order valence-electron chi connectivity index (χ1n) is 10.4. The molecule has 0 aromatic heterocycles. The number of aliphatic hydroxyl groups is 1. The summed E-state index contributed by atoms with van der Waals surface area (Å²) in [5.41, 5.74) is 0. The van der Waals surface area contributed by atoms with E-state index in [1.54, 1.807) is 0 Å². The second-order valence-electron chi connectivity index (χ2n) is 6.82. The van der Waals surface area contributed by atoms with Crippen molar-refractivity contribution in [3.05, 3.63) is 48.6 Å². The SMILES string of the molecule is CCCCCC(O)/C=C/C=C\C/C=C\C/C=C\CCCC(=O)NCCS(=O)(=O)O. The summed E-state index contributed by atoms with van der Waals surface area (Å²) in [6.45, 7) is 2.08. The lowest BCUT2D eigenvalue weighted by molar-refractivity contribution is -0.121. The Kier molecular flexibility index (Phi) is 17.3. The van der Waals surface area contributed by atoms with Gasteiger partial charge in [0, 0.05) is 13.0 Å². The van der Waals surface area contributed by atoms with Crippen molar-refractivity contribution in [2.24, 2.45) is 0 Å². The Hall–Kier alpha value is -1.70. The van der Waals surface area contributed by atoms with E-state index in [0.717, 1.165) is 44.9 Å². The lowest BCUT2D eigenvalue weighted by Gasteiger charge is -2.02. The van der Waals surface area contributed by atoms with E-state index < -0.39 is 15.9 Å². The van der Waals surface area contributed by atoms with Crippen molar-refractivity contribution >= 4 is 16.0 Å². The van der Waals surface area contributed by atoms with Crippen molar-refractivity contribution in [1.29, 1.82) is 0 Å². The Bertz CT molecular complexity index is 636. The van der Waals surface area contributed by atoms with Gasteiger partial charge in [-0.3, -0.25) is 9.35 Å². The van der Waals surface area contributed by atoms with Crippen molar-refractivity contribution < 1.29 is 22.9 Å². The highest BCUT2D eigenvalue weighted by Crippen LogP contribution is 2.04. The molecule has 1 amide bonds. The molecule has 0 aliphatic heterocycles. The van der Waals surface area contributed by atoms with E-state index >= 15 is 0 Å². The summed E-state index contributed by atoms with van der Waals surface area (Å²) in [4.78, 5) is 11.5. The maximum Gasteiger partial charge on any atom is 0.266 e. The molecule has 0 heterocycles. The summed E-state index contributed by atoms with van der Waals surface area (Å²) in [7, 11) is -4.02.